The van der Waals surface area contributed by atoms with Gasteiger partial charge in [0.25, 0.3) is 0 Å². The van der Waals surface area contributed by atoms with Crippen molar-refractivity contribution in [3.63, 3.8) is 0 Å². The lowest BCUT2D eigenvalue weighted by molar-refractivity contribution is -0.116. The lowest BCUT2D eigenvalue weighted by atomic mass is 10.0. The van der Waals surface area contributed by atoms with Gasteiger partial charge in [0.1, 0.15) is 11.5 Å². The Morgan fingerprint density at radius 1 is 1.00 bits per heavy atom. The summed E-state index contributed by atoms with van der Waals surface area (Å²) in [4.78, 5) is 12.8. The number of furan rings is 1. The first-order chi connectivity index (χ1) is 16.7. The van der Waals surface area contributed by atoms with E-state index in [1.165, 1.54) is 28.5 Å². The average molecular weight is 468 g/mol. The van der Waals surface area contributed by atoms with Crippen molar-refractivity contribution in [2.75, 3.05) is 5.75 Å². The first kappa shape index (κ1) is 22.2. The number of allylic oxidation sites excluding steroid dienone is 4. The van der Waals surface area contributed by atoms with Gasteiger partial charge in [-0.3, -0.25) is 9.36 Å². The Kier molecular flexibility index (Phi) is 6.58. The molecule has 0 bridgehead atoms. The van der Waals surface area contributed by atoms with E-state index < -0.39 is 0 Å². The quantitative estimate of drug-likeness (QED) is 0.268. The fourth-order valence-corrected chi connectivity index (χ4v) is 4.79. The monoisotopic (exact) mass is 467 g/mol. The van der Waals surface area contributed by atoms with Gasteiger partial charge in [0.05, 0.1) is 18.6 Å². The number of hydrogen-bond acceptors (Lipinski definition) is 5. The van der Waals surface area contributed by atoms with Crippen molar-refractivity contribution in [2.45, 2.75) is 31.5 Å². The Balaban J connectivity index is 1.26. The zero-order valence-corrected chi connectivity index (χ0v) is 19.8. The highest BCUT2D eigenvalue weighted by molar-refractivity contribution is 7.99. The maximum Gasteiger partial charge on any atom is 0.192 e. The molecular weight excluding hydrogens is 442 g/mol. The highest BCUT2D eigenvalue weighted by atomic mass is 32.2. The molecule has 2 heterocycles. The fourth-order valence-electron chi connectivity index (χ4n) is 4.00. The van der Waals surface area contributed by atoms with Crippen LogP contribution in [0.1, 0.15) is 29.7 Å². The summed E-state index contributed by atoms with van der Waals surface area (Å²) in [6, 6.07) is 22.2. The molecule has 4 aromatic rings. The predicted molar refractivity (Wildman–Crippen MR) is 135 cm³/mol. The van der Waals surface area contributed by atoms with Gasteiger partial charge >= 0.3 is 0 Å². The highest BCUT2D eigenvalue weighted by Crippen LogP contribution is 2.30. The summed E-state index contributed by atoms with van der Waals surface area (Å²) in [7, 11) is 0. The topological polar surface area (TPSA) is 60.9 Å². The number of hydrogen-bond donors (Lipinski definition) is 0. The van der Waals surface area contributed by atoms with Crippen LogP contribution in [0.15, 0.2) is 100 Å². The van der Waals surface area contributed by atoms with Crippen molar-refractivity contribution in [1.82, 2.24) is 14.8 Å². The number of benzene rings is 2. The van der Waals surface area contributed by atoms with E-state index in [4.69, 9.17) is 4.42 Å². The summed E-state index contributed by atoms with van der Waals surface area (Å²) in [5.41, 5.74) is 5.77. The maximum absolute atomic E-state index is 12.8. The van der Waals surface area contributed by atoms with Crippen LogP contribution in [-0.2, 0) is 11.3 Å². The molecule has 0 saturated heterocycles. The van der Waals surface area contributed by atoms with Crippen molar-refractivity contribution in [3.05, 3.63) is 108 Å². The summed E-state index contributed by atoms with van der Waals surface area (Å²) in [5, 5.41) is 9.52. The van der Waals surface area contributed by atoms with E-state index in [1.807, 2.05) is 47.0 Å². The van der Waals surface area contributed by atoms with Crippen LogP contribution in [0.5, 0.6) is 0 Å². The lowest BCUT2D eigenvalue weighted by Gasteiger charge is -2.09. The summed E-state index contributed by atoms with van der Waals surface area (Å²) in [6.45, 7) is 2.60. The standard InChI is InChI=1S/C28H25N3O2S/c1-20-9-12-22(13-10-20)24-14-11-21(16-24)17-25(32)19-34-28-30-29-27(23-6-3-2-4-7-23)31(28)18-26-8-5-15-33-26/h2-10,12-16H,11,17-19H2,1H3. The van der Waals surface area contributed by atoms with Gasteiger partial charge in [0.2, 0.25) is 0 Å². The van der Waals surface area contributed by atoms with Gasteiger partial charge < -0.3 is 4.42 Å². The first-order valence-corrected chi connectivity index (χ1v) is 12.3. The summed E-state index contributed by atoms with van der Waals surface area (Å²) in [5.74, 6) is 2.11. The van der Waals surface area contributed by atoms with Gasteiger partial charge in [0, 0.05) is 12.0 Å². The molecule has 5 rings (SSSR count). The molecule has 0 unspecified atom stereocenters. The number of carbonyl (C=O) groups excluding carboxylic acids is 1. The highest BCUT2D eigenvalue weighted by Gasteiger charge is 2.18. The molecule has 1 aliphatic carbocycles. The molecule has 5 nitrogen and oxygen atoms in total. The summed E-state index contributed by atoms with van der Waals surface area (Å²) < 4.78 is 7.57. The van der Waals surface area contributed by atoms with Crippen molar-refractivity contribution in [3.8, 4) is 11.4 Å². The Morgan fingerprint density at radius 2 is 1.82 bits per heavy atom. The largest absolute Gasteiger partial charge is 0.467 e. The minimum Gasteiger partial charge on any atom is -0.467 e. The van der Waals surface area contributed by atoms with E-state index in [0.29, 0.717) is 23.9 Å². The number of rotatable bonds is 9. The van der Waals surface area contributed by atoms with E-state index >= 15 is 0 Å². The number of nitrogens with zero attached hydrogens (tertiary/aromatic N) is 3. The average Bonchev–Trinajstić information content (AvgIpc) is 3.61. The van der Waals surface area contributed by atoms with Crippen molar-refractivity contribution < 1.29 is 9.21 Å². The zero-order chi connectivity index (χ0) is 23.3. The number of Topliss-reactive ketones (excluding diaryl/α,β-unsaturated/α-hetero) is 1. The molecule has 6 heteroatoms. The number of thioether (sulfide) groups is 1. The number of ketones is 1. The van der Waals surface area contributed by atoms with Crippen LogP contribution in [-0.4, -0.2) is 26.3 Å². The van der Waals surface area contributed by atoms with E-state index in [2.05, 4.69) is 53.5 Å². The van der Waals surface area contributed by atoms with E-state index in [-0.39, 0.29) is 5.78 Å². The number of aromatic nitrogens is 3. The SMILES string of the molecule is Cc1ccc(C2=CCC(CC(=O)CSc3nnc(-c4ccccc4)n3Cc3ccco3)=C2)cc1. The summed E-state index contributed by atoms with van der Waals surface area (Å²) >= 11 is 1.43. The second-order valence-corrected chi connectivity index (χ2v) is 9.32. The molecule has 0 spiro atoms. The van der Waals surface area contributed by atoms with Crippen LogP contribution >= 0.6 is 11.8 Å². The van der Waals surface area contributed by atoms with Crippen LogP contribution in [0, 0.1) is 6.92 Å². The fraction of sp³-hybridized carbons (Fsp3) is 0.179. The number of carbonyl (C=O) groups is 1. The molecule has 0 N–H and O–H groups in total. The van der Waals surface area contributed by atoms with Crippen LogP contribution in [0.4, 0.5) is 0 Å². The minimum absolute atomic E-state index is 0.184. The van der Waals surface area contributed by atoms with Gasteiger partial charge in [-0.1, -0.05) is 89.6 Å². The van der Waals surface area contributed by atoms with Gasteiger partial charge in [-0.2, -0.15) is 0 Å². The molecule has 170 valence electrons. The molecule has 0 radical (unpaired) electrons. The zero-order valence-electron chi connectivity index (χ0n) is 19.0. The molecule has 2 aromatic heterocycles. The molecule has 2 aromatic carbocycles. The molecular formula is C28H25N3O2S. The molecule has 34 heavy (non-hydrogen) atoms. The molecule has 0 amide bonds. The van der Waals surface area contributed by atoms with Gasteiger partial charge in [-0.05, 0) is 36.6 Å². The Labute approximate surface area is 203 Å². The number of aryl methyl sites for hydroxylation is 1. The third-order valence-corrected chi connectivity index (χ3v) is 6.78. The third-order valence-electron chi connectivity index (χ3n) is 5.76. The van der Waals surface area contributed by atoms with Crippen molar-refractivity contribution in [2.24, 2.45) is 0 Å². The van der Waals surface area contributed by atoms with Gasteiger partial charge in [-0.25, -0.2) is 0 Å². The second-order valence-electron chi connectivity index (χ2n) is 8.37. The van der Waals surface area contributed by atoms with Crippen LogP contribution in [0.2, 0.25) is 0 Å². The van der Waals surface area contributed by atoms with Crippen LogP contribution in [0.25, 0.3) is 17.0 Å². The van der Waals surface area contributed by atoms with E-state index in [9.17, 15) is 4.79 Å². The molecule has 0 atom stereocenters. The van der Waals surface area contributed by atoms with E-state index in [0.717, 1.165) is 29.1 Å². The lowest BCUT2D eigenvalue weighted by Crippen LogP contribution is -2.07. The van der Waals surface area contributed by atoms with Gasteiger partial charge in [0.15, 0.2) is 11.0 Å². The third kappa shape index (κ3) is 5.13. The van der Waals surface area contributed by atoms with E-state index in [1.54, 1.807) is 6.26 Å². The summed E-state index contributed by atoms with van der Waals surface area (Å²) in [6.07, 6.45) is 7.29. The van der Waals surface area contributed by atoms with Gasteiger partial charge in [-0.15, -0.1) is 10.2 Å². The minimum atomic E-state index is 0.184. The first-order valence-electron chi connectivity index (χ1n) is 11.3. The Bertz CT molecular complexity index is 1330. The predicted octanol–water partition coefficient (Wildman–Crippen LogP) is 6.36. The normalized spacial score (nSPS) is 13.1. The smallest absolute Gasteiger partial charge is 0.192 e. The van der Waals surface area contributed by atoms with Crippen LogP contribution in [0.3, 0.4) is 0 Å². The molecule has 0 fully saturated rings. The second kappa shape index (κ2) is 10.1. The Hall–Kier alpha value is -3.64. The van der Waals surface area contributed by atoms with Crippen molar-refractivity contribution in [1.29, 1.82) is 0 Å². The van der Waals surface area contributed by atoms with Crippen molar-refractivity contribution >= 4 is 23.1 Å². The molecule has 0 aliphatic heterocycles. The maximum atomic E-state index is 12.8. The molecule has 0 saturated carbocycles. The van der Waals surface area contributed by atoms with Crippen LogP contribution < -0.4 is 0 Å². The molecule has 1 aliphatic rings. The Morgan fingerprint density at radius 3 is 2.59 bits per heavy atom.